The molecular formula is C53H44B3N4. The van der Waals surface area contributed by atoms with Gasteiger partial charge in [0.25, 0.3) is 6.71 Å². The molecule has 0 aromatic heterocycles. The van der Waals surface area contributed by atoms with Gasteiger partial charge in [-0.05, 0) is 128 Å². The van der Waals surface area contributed by atoms with Crippen molar-refractivity contribution in [3.63, 3.8) is 0 Å². The van der Waals surface area contributed by atoms with Gasteiger partial charge >= 0.3 is 0 Å². The Morgan fingerprint density at radius 2 is 1.13 bits per heavy atom. The van der Waals surface area contributed by atoms with E-state index in [1.54, 1.807) is 0 Å². The van der Waals surface area contributed by atoms with E-state index in [9.17, 15) is 0 Å². The minimum atomic E-state index is -0.0218. The lowest BCUT2D eigenvalue weighted by atomic mass is 9.30. The third kappa shape index (κ3) is 5.94. The number of aryl methyl sites for hydroxylation is 5. The Hall–Kier alpha value is -6.85. The number of nitrogens with zero attached hydrogens (tertiary/aromatic N) is 1. The fourth-order valence-corrected chi connectivity index (χ4v) is 10.2. The Labute approximate surface area is 355 Å². The van der Waals surface area contributed by atoms with Crippen molar-refractivity contribution in [2.45, 2.75) is 34.6 Å². The van der Waals surface area contributed by atoms with E-state index in [-0.39, 0.29) is 13.4 Å². The van der Waals surface area contributed by atoms with E-state index in [4.69, 9.17) is 0 Å². The SMILES string of the molecule is Cc1cc(C)c2c(c1)Nc1ccccc1B2c1cc2c(cc1C)Nc1cc(Nc3ccccc3)cc3c1B2c1cc([B]c2ccccc2C)c(C)cc1N3c1ccccc1. The van der Waals surface area contributed by atoms with Gasteiger partial charge in [0.2, 0.25) is 6.71 Å². The van der Waals surface area contributed by atoms with Crippen molar-refractivity contribution >= 4 is 116 Å². The largest absolute Gasteiger partial charge is 0.356 e. The Bertz CT molecular complexity index is 3020. The van der Waals surface area contributed by atoms with Crippen LogP contribution >= 0.6 is 0 Å². The molecule has 1 radical (unpaired) electrons. The number of fused-ring (bicyclic) bond motifs is 6. The number of benzene rings is 8. The Balaban J connectivity index is 1.17. The predicted octanol–water partition coefficient (Wildman–Crippen LogP) is 7.56. The van der Waals surface area contributed by atoms with Gasteiger partial charge in [0, 0.05) is 51.2 Å². The fraction of sp³-hybridized carbons (Fsp3) is 0.0943. The van der Waals surface area contributed by atoms with E-state index in [0.29, 0.717) is 0 Å². The van der Waals surface area contributed by atoms with Crippen molar-refractivity contribution < 1.29 is 0 Å². The van der Waals surface area contributed by atoms with Crippen LogP contribution in [0.5, 0.6) is 0 Å². The highest BCUT2D eigenvalue weighted by Crippen LogP contribution is 2.42. The summed E-state index contributed by atoms with van der Waals surface area (Å²) in [7, 11) is 2.37. The maximum Gasteiger partial charge on any atom is 0.252 e. The minimum Gasteiger partial charge on any atom is -0.356 e. The van der Waals surface area contributed by atoms with Crippen LogP contribution in [0.2, 0.25) is 0 Å². The van der Waals surface area contributed by atoms with Crippen LogP contribution in [-0.2, 0) is 0 Å². The Kier molecular flexibility index (Phi) is 8.56. The van der Waals surface area contributed by atoms with Gasteiger partial charge in [-0.1, -0.05) is 136 Å². The third-order valence-corrected chi connectivity index (χ3v) is 12.9. The molecule has 0 saturated carbocycles. The lowest BCUT2D eigenvalue weighted by molar-refractivity contribution is 1.28. The molecule has 3 aliphatic heterocycles. The first-order valence-corrected chi connectivity index (χ1v) is 21.1. The molecule has 8 aromatic rings. The van der Waals surface area contributed by atoms with Crippen molar-refractivity contribution in [2.75, 3.05) is 20.9 Å². The van der Waals surface area contributed by atoms with Gasteiger partial charge in [-0.25, -0.2) is 0 Å². The molecule has 0 atom stereocenters. The van der Waals surface area contributed by atoms with Crippen molar-refractivity contribution in [3.8, 4) is 0 Å². The van der Waals surface area contributed by atoms with Gasteiger partial charge in [0.1, 0.15) is 0 Å². The Morgan fingerprint density at radius 3 is 1.95 bits per heavy atom. The molecule has 0 fully saturated rings. The molecule has 11 rings (SSSR count). The maximum atomic E-state index is 4.02. The molecule has 60 heavy (non-hydrogen) atoms. The smallest absolute Gasteiger partial charge is 0.252 e. The Morgan fingerprint density at radius 1 is 0.433 bits per heavy atom. The second-order valence-corrected chi connectivity index (χ2v) is 16.9. The molecule has 0 unspecified atom stereocenters. The standard InChI is InChI=1S/C53H44B3N4/c1-32-24-36(5)52-48(25-32)58-46-23-15-14-22-42(46)55(52)43-31-44-47(26-35(43)4)59-49-28-38(57-37-17-8-6-9-18-37)29-51-53(49)56(44)45-30-41(54-40-21-13-12-16-33(40)2)34(3)27-50(45)60(51)39-19-10-7-11-20-39/h6-31,57-59H,1-5H3. The van der Waals surface area contributed by atoms with Crippen LogP contribution in [0.4, 0.5) is 51.2 Å². The molecule has 4 nitrogen and oxygen atoms in total. The third-order valence-electron chi connectivity index (χ3n) is 12.9. The number of hydrogen-bond acceptors (Lipinski definition) is 4. The molecule has 7 heteroatoms. The van der Waals surface area contributed by atoms with Gasteiger partial charge in [-0.2, -0.15) is 0 Å². The molecule has 3 aliphatic rings. The lowest BCUT2D eigenvalue weighted by Crippen LogP contribution is -2.63. The van der Waals surface area contributed by atoms with E-state index >= 15 is 0 Å². The summed E-state index contributed by atoms with van der Waals surface area (Å²) in [5, 5.41) is 11.6. The average Bonchev–Trinajstić information content (AvgIpc) is 3.24. The quantitative estimate of drug-likeness (QED) is 0.153. The zero-order chi connectivity index (χ0) is 40.6. The first-order valence-electron chi connectivity index (χ1n) is 21.1. The highest BCUT2D eigenvalue weighted by molar-refractivity contribution is 7.02. The molecule has 3 N–H and O–H groups in total. The summed E-state index contributed by atoms with van der Waals surface area (Å²) in [6, 6.07) is 58.1. The van der Waals surface area contributed by atoms with E-state index < -0.39 is 0 Å². The molecule has 8 aromatic carbocycles. The monoisotopic (exact) mass is 769 g/mol. The number of rotatable bonds is 6. The molecule has 285 valence electrons. The molecule has 3 heterocycles. The topological polar surface area (TPSA) is 39.3 Å². The maximum absolute atomic E-state index is 4.02. The summed E-state index contributed by atoms with van der Waals surface area (Å²) in [4.78, 5) is 2.48. The lowest BCUT2D eigenvalue weighted by Gasteiger charge is -2.42. The van der Waals surface area contributed by atoms with Crippen LogP contribution < -0.4 is 64.6 Å². The number of anilines is 9. The number of hydrogen-bond donors (Lipinski definition) is 3. The van der Waals surface area contributed by atoms with Gasteiger partial charge in [-0.15, -0.1) is 0 Å². The van der Waals surface area contributed by atoms with E-state index in [2.05, 4.69) is 220 Å². The van der Waals surface area contributed by atoms with E-state index in [1.165, 1.54) is 94.3 Å². The molecule has 0 bridgehead atoms. The second-order valence-electron chi connectivity index (χ2n) is 16.9. The van der Waals surface area contributed by atoms with E-state index in [1.807, 2.05) is 0 Å². The van der Waals surface area contributed by atoms with Crippen LogP contribution in [0.3, 0.4) is 0 Å². The first-order chi connectivity index (χ1) is 29.3. The van der Waals surface area contributed by atoms with E-state index in [0.717, 1.165) is 28.4 Å². The van der Waals surface area contributed by atoms with Crippen LogP contribution in [-0.4, -0.2) is 20.7 Å². The van der Waals surface area contributed by atoms with Gasteiger partial charge < -0.3 is 20.9 Å². The summed E-state index contributed by atoms with van der Waals surface area (Å²) in [5.74, 6) is 0. The fourth-order valence-electron chi connectivity index (χ4n) is 10.2. The summed E-state index contributed by atoms with van der Waals surface area (Å²) in [5.41, 5.74) is 27.0. The average molecular weight is 769 g/mol. The summed E-state index contributed by atoms with van der Waals surface area (Å²) < 4.78 is 0. The number of nitrogens with one attached hydrogen (secondary N) is 3. The molecular weight excluding hydrogens is 725 g/mol. The van der Waals surface area contributed by atoms with Crippen LogP contribution in [0, 0.1) is 34.6 Å². The van der Waals surface area contributed by atoms with Crippen LogP contribution in [0.1, 0.15) is 27.8 Å². The second kappa shape index (κ2) is 14.2. The van der Waals surface area contributed by atoms with Gasteiger partial charge in [0.05, 0.1) is 0 Å². The molecule has 0 saturated heterocycles. The predicted molar refractivity (Wildman–Crippen MR) is 261 cm³/mol. The van der Waals surface area contributed by atoms with Crippen molar-refractivity contribution in [1.82, 2.24) is 0 Å². The molecule has 0 amide bonds. The summed E-state index contributed by atoms with van der Waals surface area (Å²) in [6.07, 6.45) is 0. The van der Waals surface area contributed by atoms with Crippen molar-refractivity contribution in [3.05, 3.63) is 186 Å². The minimum absolute atomic E-state index is 0.0218. The van der Waals surface area contributed by atoms with Crippen LogP contribution in [0.25, 0.3) is 0 Å². The van der Waals surface area contributed by atoms with Gasteiger partial charge in [0.15, 0.2) is 7.28 Å². The highest BCUT2D eigenvalue weighted by Gasteiger charge is 2.43. The van der Waals surface area contributed by atoms with Gasteiger partial charge in [-0.3, -0.25) is 0 Å². The highest BCUT2D eigenvalue weighted by atomic mass is 15.2. The summed E-state index contributed by atoms with van der Waals surface area (Å²) >= 11 is 0. The van der Waals surface area contributed by atoms with Crippen molar-refractivity contribution in [1.29, 1.82) is 0 Å². The summed E-state index contributed by atoms with van der Waals surface area (Å²) in [6.45, 7) is 11.3. The number of para-hydroxylation sites is 3. The molecule has 0 aliphatic carbocycles. The zero-order valence-corrected chi connectivity index (χ0v) is 34.7. The molecule has 0 spiro atoms. The first kappa shape index (κ1) is 36.3. The zero-order valence-electron chi connectivity index (χ0n) is 34.7. The van der Waals surface area contributed by atoms with Crippen LogP contribution in [0.15, 0.2) is 158 Å². The van der Waals surface area contributed by atoms with Crippen molar-refractivity contribution in [2.24, 2.45) is 0 Å². The normalized spacial score (nSPS) is 12.9.